The lowest BCUT2D eigenvalue weighted by Crippen LogP contribution is -2.63. The minimum Gasteiger partial charge on any atom is -0.393 e. The highest BCUT2D eigenvalue weighted by molar-refractivity contribution is 5.93. The Hall–Kier alpha value is -1.71. The Morgan fingerprint density at radius 1 is 0.660 bits per heavy atom. The number of piperazine rings is 1. The van der Waals surface area contributed by atoms with Gasteiger partial charge in [-0.2, -0.15) is 0 Å². The smallest absolute Gasteiger partial charge is 0.246 e. The number of carbonyl (C=O) groups is 3. The molecular formula is C41H66N4O5. The van der Waals surface area contributed by atoms with Crippen molar-refractivity contribution < 1.29 is 24.6 Å². The number of carbonyl (C=O) groups excluding carboxylic acids is 3. The number of hydrogen-bond donors (Lipinski definition) is 2. The summed E-state index contributed by atoms with van der Waals surface area (Å²) in [6.45, 7) is 8.98. The zero-order chi connectivity index (χ0) is 34.8. The normalized spacial score (nSPS) is 44.2. The van der Waals surface area contributed by atoms with E-state index in [1.54, 1.807) is 0 Å². The van der Waals surface area contributed by atoms with Gasteiger partial charge in [-0.05, 0) is 130 Å². The molecule has 0 bridgehead atoms. The second-order valence-corrected chi connectivity index (χ2v) is 18.9. The molecule has 0 aromatic carbocycles. The molecular weight excluding hydrogens is 628 g/mol. The first-order chi connectivity index (χ1) is 24.1. The summed E-state index contributed by atoms with van der Waals surface area (Å²) in [5.41, 5.74) is 0.300. The number of amides is 3. The summed E-state index contributed by atoms with van der Waals surface area (Å²) >= 11 is 0. The molecule has 5 saturated carbocycles. The molecule has 3 aliphatic heterocycles. The third-order valence-corrected chi connectivity index (χ3v) is 16.6. The molecule has 8 aliphatic rings. The van der Waals surface area contributed by atoms with Gasteiger partial charge in [0.15, 0.2) is 0 Å². The number of aliphatic hydroxyl groups is 2. The highest BCUT2D eigenvalue weighted by Crippen LogP contribution is 2.66. The quantitative estimate of drug-likeness (QED) is 0.428. The van der Waals surface area contributed by atoms with Crippen LogP contribution in [-0.2, 0) is 14.4 Å². The second kappa shape index (κ2) is 13.9. The zero-order valence-electron chi connectivity index (χ0n) is 31.2. The first kappa shape index (κ1) is 35.3. The number of fused-ring (bicyclic) bond motifs is 5. The van der Waals surface area contributed by atoms with Crippen molar-refractivity contribution >= 4 is 17.7 Å². The number of likely N-dealkylation sites (tertiary alicyclic amines) is 2. The van der Waals surface area contributed by atoms with Gasteiger partial charge in [-0.3, -0.25) is 19.3 Å². The molecule has 280 valence electrons. The number of rotatable bonds is 5. The fraction of sp³-hybridized carbons (Fsp3) is 0.927. The molecule has 0 aromatic rings. The van der Waals surface area contributed by atoms with E-state index in [1.165, 1.54) is 44.9 Å². The van der Waals surface area contributed by atoms with Crippen molar-refractivity contribution in [2.45, 2.75) is 160 Å². The van der Waals surface area contributed by atoms with E-state index < -0.39 is 12.1 Å². The predicted octanol–water partition coefficient (Wildman–Crippen LogP) is 4.83. The molecule has 3 heterocycles. The molecule has 3 amide bonds. The van der Waals surface area contributed by atoms with Crippen LogP contribution in [0.2, 0.25) is 0 Å². The highest BCUT2D eigenvalue weighted by atomic mass is 16.3. The van der Waals surface area contributed by atoms with Gasteiger partial charge in [-0.1, -0.05) is 33.1 Å². The molecule has 3 saturated heterocycles. The van der Waals surface area contributed by atoms with Gasteiger partial charge in [0.1, 0.15) is 12.1 Å². The van der Waals surface area contributed by atoms with Crippen LogP contribution in [0.4, 0.5) is 0 Å². The molecule has 5 aliphatic carbocycles. The van der Waals surface area contributed by atoms with Crippen molar-refractivity contribution in [3.8, 4) is 0 Å². The Kier molecular flexibility index (Phi) is 9.84. The number of aliphatic hydroxyl groups excluding tert-OH is 2. The Morgan fingerprint density at radius 3 is 2.08 bits per heavy atom. The van der Waals surface area contributed by atoms with Gasteiger partial charge in [0.05, 0.1) is 12.2 Å². The maximum Gasteiger partial charge on any atom is 0.246 e. The third-order valence-electron chi connectivity index (χ3n) is 16.6. The van der Waals surface area contributed by atoms with Crippen LogP contribution < -0.4 is 0 Å². The van der Waals surface area contributed by atoms with Crippen molar-refractivity contribution in [1.82, 2.24) is 19.6 Å². The van der Waals surface area contributed by atoms with E-state index in [-0.39, 0.29) is 46.8 Å². The van der Waals surface area contributed by atoms with E-state index >= 15 is 0 Å². The lowest BCUT2D eigenvalue weighted by atomic mass is 9.44. The molecule has 2 N–H and O–H groups in total. The van der Waals surface area contributed by atoms with Gasteiger partial charge in [0.2, 0.25) is 17.7 Å². The predicted molar refractivity (Wildman–Crippen MR) is 192 cm³/mol. The average Bonchev–Trinajstić information content (AvgIpc) is 3.88. The molecule has 8 rings (SSSR count). The van der Waals surface area contributed by atoms with Gasteiger partial charge < -0.3 is 24.9 Å². The molecule has 11 atom stereocenters. The van der Waals surface area contributed by atoms with Gasteiger partial charge in [-0.25, -0.2) is 0 Å². The molecule has 50 heavy (non-hydrogen) atoms. The van der Waals surface area contributed by atoms with Crippen LogP contribution >= 0.6 is 0 Å². The van der Waals surface area contributed by atoms with Crippen molar-refractivity contribution in [1.29, 1.82) is 0 Å². The van der Waals surface area contributed by atoms with Gasteiger partial charge >= 0.3 is 0 Å². The number of hydrogen-bond acceptors (Lipinski definition) is 6. The summed E-state index contributed by atoms with van der Waals surface area (Å²) in [5, 5.41) is 22.5. The average molecular weight is 695 g/mol. The Bertz CT molecular complexity index is 1280. The van der Waals surface area contributed by atoms with Crippen molar-refractivity contribution in [2.75, 3.05) is 39.3 Å². The minimum absolute atomic E-state index is 0.0111. The van der Waals surface area contributed by atoms with Crippen LogP contribution in [0.1, 0.15) is 129 Å². The molecule has 0 aromatic heterocycles. The highest BCUT2D eigenvalue weighted by Gasteiger charge is 2.61. The van der Waals surface area contributed by atoms with Crippen LogP contribution in [0.15, 0.2) is 0 Å². The Labute approximate surface area is 300 Å². The van der Waals surface area contributed by atoms with Crippen molar-refractivity contribution in [3.63, 3.8) is 0 Å². The van der Waals surface area contributed by atoms with E-state index in [2.05, 4.69) is 18.7 Å². The summed E-state index contributed by atoms with van der Waals surface area (Å²) in [6.07, 6.45) is 18.0. The van der Waals surface area contributed by atoms with Gasteiger partial charge in [0.25, 0.3) is 0 Å². The van der Waals surface area contributed by atoms with Crippen LogP contribution in [0.5, 0.6) is 0 Å². The molecule has 9 heteroatoms. The minimum atomic E-state index is -0.421. The summed E-state index contributed by atoms with van der Waals surface area (Å²) in [5.74, 6) is 3.22. The molecule has 9 nitrogen and oxygen atoms in total. The largest absolute Gasteiger partial charge is 0.393 e. The monoisotopic (exact) mass is 695 g/mol. The van der Waals surface area contributed by atoms with E-state index in [1.807, 2.05) is 14.7 Å². The fourth-order valence-corrected chi connectivity index (χ4v) is 13.7. The summed E-state index contributed by atoms with van der Waals surface area (Å²) < 4.78 is 0. The first-order valence-corrected chi connectivity index (χ1v) is 21.1. The molecule has 0 unspecified atom stereocenters. The molecule has 8 fully saturated rings. The maximum atomic E-state index is 14.1. The third kappa shape index (κ3) is 6.05. The van der Waals surface area contributed by atoms with Gasteiger partial charge in [-0.15, -0.1) is 0 Å². The summed E-state index contributed by atoms with van der Waals surface area (Å²) in [7, 11) is 0. The van der Waals surface area contributed by atoms with E-state index in [0.29, 0.717) is 75.0 Å². The molecule has 0 radical (unpaired) electrons. The lowest BCUT2D eigenvalue weighted by molar-refractivity contribution is -0.158. The van der Waals surface area contributed by atoms with Crippen molar-refractivity contribution in [3.05, 3.63) is 0 Å². The lowest BCUT2D eigenvalue weighted by Gasteiger charge is -2.62. The van der Waals surface area contributed by atoms with Crippen molar-refractivity contribution in [2.24, 2.45) is 40.4 Å². The first-order valence-electron chi connectivity index (χ1n) is 21.1. The second-order valence-electron chi connectivity index (χ2n) is 18.9. The topological polar surface area (TPSA) is 105 Å². The van der Waals surface area contributed by atoms with Crippen LogP contribution in [-0.4, -0.2) is 117 Å². The van der Waals surface area contributed by atoms with E-state index in [4.69, 9.17) is 0 Å². The standard InChI is InChI=1S/C41H66N4O5/c1-40-17-16-31-29(30(40)14-15-36(40)47)13-12-28-25-35(46)34(26-41(28,31)2)42-20-22-43(23-21-42)38(49)32-10-7-19-45(32)39(50)33-11-6-18-44(33)37(48)24-27-8-4-3-5-9-27/h27-36,46-47H,3-26H2,1-2H3/t28-,29-,30-,31-,32-,33-,34-,35-,36-,40-,41-/m0/s1. The maximum absolute atomic E-state index is 14.1. The van der Waals surface area contributed by atoms with Crippen LogP contribution in [0.25, 0.3) is 0 Å². The summed E-state index contributed by atoms with van der Waals surface area (Å²) in [6, 6.07) is -0.709. The van der Waals surface area contributed by atoms with Crippen LogP contribution in [0.3, 0.4) is 0 Å². The Balaban J connectivity index is 0.879. The zero-order valence-corrected chi connectivity index (χ0v) is 31.2. The van der Waals surface area contributed by atoms with E-state index in [9.17, 15) is 24.6 Å². The number of nitrogens with zero attached hydrogens (tertiary/aromatic N) is 4. The van der Waals surface area contributed by atoms with Gasteiger partial charge in [0, 0.05) is 51.7 Å². The van der Waals surface area contributed by atoms with E-state index in [0.717, 1.165) is 64.5 Å². The molecule has 0 spiro atoms. The summed E-state index contributed by atoms with van der Waals surface area (Å²) in [4.78, 5) is 49.6. The fourth-order valence-electron chi connectivity index (χ4n) is 13.7. The van der Waals surface area contributed by atoms with Crippen LogP contribution in [0, 0.1) is 40.4 Å². The SMILES string of the molecule is C[C@]12C[C@H](N3CCN(C(=O)[C@@H]4CCCN4C(=O)[C@@H]4CCCN4C(=O)CC4CCCCC4)CC3)[C@@H](O)C[C@@H]1CC[C@@H]1[C@@H]2CC[C@]2(C)[C@@H](O)CC[C@@H]12. The Morgan fingerprint density at radius 2 is 1.34 bits per heavy atom.